The lowest BCUT2D eigenvalue weighted by Crippen LogP contribution is -2.54. The maximum atomic E-state index is 14.9. The van der Waals surface area contributed by atoms with Crippen molar-refractivity contribution in [2.45, 2.75) is 6.42 Å². The first-order valence-electron chi connectivity index (χ1n) is 9.68. The van der Waals surface area contributed by atoms with Crippen LogP contribution in [0.3, 0.4) is 0 Å². The normalized spacial score (nSPS) is 13.9. The molecule has 168 valence electrons. The molecular formula is C19H19FN6O5S. The maximum Gasteiger partial charge on any atom is 0.341 e. The topological polar surface area (TPSA) is 140 Å². The minimum absolute atomic E-state index is 0.0262. The minimum atomic E-state index is -1.44. The molecule has 4 rings (SSSR count). The number of pyridine rings is 2. The van der Waals surface area contributed by atoms with Crippen molar-refractivity contribution in [2.24, 2.45) is 5.92 Å². The summed E-state index contributed by atoms with van der Waals surface area (Å²) >= 11 is 0.968. The van der Waals surface area contributed by atoms with E-state index >= 15 is 0 Å². The van der Waals surface area contributed by atoms with Gasteiger partial charge in [-0.25, -0.2) is 19.2 Å². The lowest BCUT2D eigenvalue weighted by molar-refractivity contribution is -0.125. The molecule has 1 saturated heterocycles. The van der Waals surface area contributed by atoms with E-state index in [1.54, 1.807) is 12.0 Å². The number of aromatic nitrogens is 4. The van der Waals surface area contributed by atoms with Crippen LogP contribution in [0.2, 0.25) is 0 Å². The second-order valence-electron chi connectivity index (χ2n) is 7.18. The Morgan fingerprint density at radius 3 is 2.84 bits per heavy atom. The van der Waals surface area contributed by atoms with Crippen molar-refractivity contribution < 1.29 is 23.8 Å². The van der Waals surface area contributed by atoms with Crippen LogP contribution in [0.15, 0.2) is 23.4 Å². The van der Waals surface area contributed by atoms with Crippen molar-refractivity contribution in [1.29, 1.82) is 0 Å². The van der Waals surface area contributed by atoms with Gasteiger partial charge in [-0.05, 0) is 12.5 Å². The highest BCUT2D eigenvalue weighted by atomic mass is 32.1. The van der Waals surface area contributed by atoms with E-state index in [0.29, 0.717) is 19.6 Å². The smallest absolute Gasteiger partial charge is 0.341 e. The first-order valence-corrected chi connectivity index (χ1v) is 10.5. The summed E-state index contributed by atoms with van der Waals surface area (Å²) in [5, 5.41) is 12.3. The molecule has 13 heteroatoms. The number of ether oxygens (including phenoxy) is 1. The van der Waals surface area contributed by atoms with Gasteiger partial charge >= 0.3 is 5.97 Å². The molecule has 0 bridgehead atoms. The molecule has 0 aliphatic carbocycles. The molecule has 1 aliphatic rings. The highest BCUT2D eigenvalue weighted by Crippen LogP contribution is 2.28. The summed E-state index contributed by atoms with van der Waals surface area (Å²) in [7, 11) is 1.59. The molecule has 0 unspecified atom stereocenters. The van der Waals surface area contributed by atoms with E-state index in [4.69, 9.17) is 4.74 Å². The number of methoxy groups -OCH3 is 1. The molecule has 3 aromatic heterocycles. The molecule has 2 N–H and O–H groups in total. The summed E-state index contributed by atoms with van der Waals surface area (Å²) < 4.78 is 25.0. The van der Waals surface area contributed by atoms with Gasteiger partial charge in [0.1, 0.15) is 11.9 Å². The van der Waals surface area contributed by atoms with Gasteiger partial charge in [0.25, 0.3) is 0 Å². The standard InChI is InChI=1S/C19H19FN6O5S/c1-31-4-2-3-21-17(28)10-6-25(7-10)16-13(20)5-11-14(27)12(18(29)30)8-26(15(11)24-16)19-22-9-23-32-19/h5,8-10H,2-4,6-7H2,1H3,(H,21,28)(H,29,30). The molecule has 32 heavy (non-hydrogen) atoms. The molecule has 0 atom stereocenters. The van der Waals surface area contributed by atoms with Crippen LogP contribution >= 0.6 is 11.5 Å². The van der Waals surface area contributed by atoms with Gasteiger partial charge in [0.05, 0.1) is 11.3 Å². The summed E-state index contributed by atoms with van der Waals surface area (Å²) in [6, 6.07) is 0.974. The van der Waals surface area contributed by atoms with Crippen LogP contribution in [0.1, 0.15) is 16.8 Å². The Balaban J connectivity index is 1.64. The number of nitrogens with one attached hydrogen (secondary N) is 1. The molecule has 3 aromatic rings. The SMILES string of the molecule is COCCCNC(=O)C1CN(c2nc3c(cc2F)c(=O)c(C(=O)O)cn3-c2ncns2)C1. The molecule has 0 radical (unpaired) electrons. The molecule has 0 aromatic carbocycles. The van der Waals surface area contributed by atoms with Gasteiger partial charge in [0, 0.05) is 51.1 Å². The molecule has 1 fully saturated rings. The number of aromatic carboxylic acids is 1. The molecule has 0 spiro atoms. The Bertz CT molecular complexity index is 1230. The first kappa shape index (κ1) is 21.8. The fraction of sp³-hybridized carbons (Fsp3) is 0.368. The Labute approximate surface area is 184 Å². The van der Waals surface area contributed by atoms with Crippen molar-refractivity contribution in [3.63, 3.8) is 0 Å². The first-order chi connectivity index (χ1) is 15.4. The Hall–Kier alpha value is -3.45. The fourth-order valence-electron chi connectivity index (χ4n) is 3.40. The van der Waals surface area contributed by atoms with E-state index in [-0.39, 0.29) is 46.9 Å². The van der Waals surface area contributed by atoms with Gasteiger partial charge < -0.3 is 20.1 Å². The minimum Gasteiger partial charge on any atom is -0.477 e. The summed E-state index contributed by atoms with van der Waals surface area (Å²) in [6.07, 6.45) is 3.08. The Morgan fingerprint density at radius 1 is 1.41 bits per heavy atom. The van der Waals surface area contributed by atoms with Gasteiger partial charge in [-0.3, -0.25) is 14.2 Å². The average Bonchev–Trinajstić information content (AvgIpc) is 3.26. The number of amides is 1. The van der Waals surface area contributed by atoms with Gasteiger partial charge in [0.2, 0.25) is 16.5 Å². The van der Waals surface area contributed by atoms with Crippen LogP contribution in [-0.4, -0.2) is 69.2 Å². The zero-order valence-corrected chi connectivity index (χ0v) is 17.8. The number of halogens is 1. The second kappa shape index (κ2) is 8.96. The molecule has 11 nitrogen and oxygen atoms in total. The molecule has 4 heterocycles. The highest BCUT2D eigenvalue weighted by molar-refractivity contribution is 7.08. The number of anilines is 1. The third-order valence-corrected chi connectivity index (χ3v) is 5.74. The van der Waals surface area contributed by atoms with Crippen LogP contribution < -0.4 is 15.6 Å². The van der Waals surface area contributed by atoms with Gasteiger partial charge in [-0.15, -0.1) is 0 Å². The van der Waals surface area contributed by atoms with Crippen LogP contribution in [-0.2, 0) is 9.53 Å². The average molecular weight is 462 g/mol. The van der Waals surface area contributed by atoms with Crippen molar-refractivity contribution in [3.05, 3.63) is 40.2 Å². The molecule has 1 aliphatic heterocycles. The van der Waals surface area contributed by atoms with Crippen molar-refractivity contribution in [1.82, 2.24) is 24.2 Å². The number of hydrogen-bond donors (Lipinski definition) is 2. The second-order valence-corrected chi connectivity index (χ2v) is 7.93. The van der Waals surface area contributed by atoms with Crippen molar-refractivity contribution in [3.8, 4) is 5.13 Å². The Kier molecular flexibility index (Phi) is 6.10. The number of nitrogens with zero attached hydrogens (tertiary/aromatic N) is 5. The zero-order chi connectivity index (χ0) is 22.8. The van der Waals surface area contributed by atoms with E-state index < -0.39 is 22.8 Å². The number of carbonyl (C=O) groups is 2. The van der Waals surface area contributed by atoms with Crippen molar-refractivity contribution >= 4 is 40.3 Å². The molecular weight excluding hydrogens is 443 g/mol. The largest absolute Gasteiger partial charge is 0.477 e. The number of carboxylic acid groups (broad SMARTS) is 1. The van der Waals surface area contributed by atoms with E-state index in [1.165, 1.54) is 10.9 Å². The lowest BCUT2D eigenvalue weighted by Gasteiger charge is -2.39. The number of hydrogen-bond acceptors (Lipinski definition) is 9. The van der Waals surface area contributed by atoms with Gasteiger partial charge in [-0.1, -0.05) is 0 Å². The van der Waals surface area contributed by atoms with E-state index in [0.717, 1.165) is 23.8 Å². The predicted octanol–water partition coefficient (Wildman–Crippen LogP) is 0.663. The van der Waals surface area contributed by atoms with E-state index in [1.807, 2.05) is 0 Å². The highest BCUT2D eigenvalue weighted by Gasteiger charge is 2.35. The van der Waals surface area contributed by atoms with E-state index in [9.17, 15) is 23.9 Å². The zero-order valence-electron chi connectivity index (χ0n) is 16.9. The molecule has 1 amide bonds. The lowest BCUT2D eigenvalue weighted by atomic mass is 9.99. The van der Waals surface area contributed by atoms with Crippen molar-refractivity contribution in [2.75, 3.05) is 38.3 Å². The maximum absolute atomic E-state index is 14.9. The van der Waals surface area contributed by atoms with Gasteiger partial charge in [0.15, 0.2) is 17.3 Å². The molecule has 0 saturated carbocycles. The fourth-order valence-corrected chi connectivity index (χ4v) is 3.91. The van der Waals surface area contributed by atoms with Crippen LogP contribution in [0.25, 0.3) is 16.2 Å². The summed E-state index contributed by atoms with van der Waals surface area (Å²) in [4.78, 5) is 46.2. The third kappa shape index (κ3) is 4.03. The number of rotatable bonds is 8. The van der Waals surface area contributed by atoms with Crippen LogP contribution in [0.4, 0.5) is 10.2 Å². The van der Waals surface area contributed by atoms with Crippen LogP contribution in [0.5, 0.6) is 0 Å². The quantitative estimate of drug-likeness (QED) is 0.462. The van der Waals surface area contributed by atoms with E-state index in [2.05, 4.69) is 19.7 Å². The van der Waals surface area contributed by atoms with Crippen LogP contribution in [0, 0.1) is 11.7 Å². The number of fused-ring (bicyclic) bond motifs is 1. The predicted molar refractivity (Wildman–Crippen MR) is 113 cm³/mol. The van der Waals surface area contributed by atoms with Gasteiger partial charge in [-0.2, -0.15) is 4.37 Å². The number of carboxylic acids is 1. The summed E-state index contributed by atoms with van der Waals surface area (Å²) in [5.74, 6) is -2.69. The summed E-state index contributed by atoms with van der Waals surface area (Å²) in [5.41, 5.74) is -1.32. The number of carbonyl (C=O) groups excluding carboxylic acids is 1. The monoisotopic (exact) mass is 462 g/mol. The summed E-state index contributed by atoms with van der Waals surface area (Å²) in [6.45, 7) is 1.57. The third-order valence-electron chi connectivity index (χ3n) is 5.08. The Morgan fingerprint density at radius 2 is 2.19 bits per heavy atom.